The lowest BCUT2D eigenvalue weighted by Gasteiger charge is -2.10. The van der Waals surface area contributed by atoms with Crippen LogP contribution in [0.4, 0.5) is 11.6 Å². The summed E-state index contributed by atoms with van der Waals surface area (Å²) in [6.45, 7) is 1.87. The molecule has 1 heterocycles. The first-order chi connectivity index (χ1) is 8.72. The van der Waals surface area contributed by atoms with Crippen molar-refractivity contribution in [1.29, 1.82) is 0 Å². The molecule has 0 aliphatic rings. The van der Waals surface area contributed by atoms with E-state index in [4.69, 9.17) is 9.84 Å². The number of hydrogen-bond donors (Lipinski definition) is 2. The Morgan fingerprint density at radius 2 is 2.17 bits per heavy atom. The van der Waals surface area contributed by atoms with E-state index in [0.717, 1.165) is 17.0 Å². The summed E-state index contributed by atoms with van der Waals surface area (Å²) in [6, 6.07) is 7.37. The average Bonchev–Trinajstić information content (AvgIpc) is 2.41. The number of aromatic nitrogens is 2. The third kappa shape index (κ3) is 2.75. The lowest BCUT2D eigenvalue weighted by atomic mass is 10.2. The molecule has 0 aliphatic heterocycles. The van der Waals surface area contributed by atoms with Crippen LogP contribution in [-0.2, 0) is 6.61 Å². The molecule has 5 heteroatoms. The van der Waals surface area contributed by atoms with Crippen LogP contribution >= 0.6 is 0 Å². The van der Waals surface area contributed by atoms with E-state index >= 15 is 0 Å². The van der Waals surface area contributed by atoms with Crippen LogP contribution in [0.3, 0.4) is 0 Å². The largest absolute Gasteiger partial charge is 0.497 e. The monoisotopic (exact) mass is 245 g/mol. The molecule has 0 atom stereocenters. The maximum atomic E-state index is 9.02. The van der Waals surface area contributed by atoms with Crippen molar-refractivity contribution < 1.29 is 9.84 Å². The summed E-state index contributed by atoms with van der Waals surface area (Å²) in [6.07, 6.45) is 1.61. The molecule has 0 spiro atoms. The molecule has 2 rings (SSSR count). The standard InChI is InChI=1S/C13H15N3O2/c1-9-7-11(18-2)3-4-12(9)16-13-14-6-5-10(8-17)15-13/h3-7,17H,8H2,1-2H3,(H,14,15,16). The number of aryl methyl sites for hydroxylation is 1. The van der Waals surface area contributed by atoms with Crippen LogP contribution in [0.1, 0.15) is 11.3 Å². The number of rotatable bonds is 4. The highest BCUT2D eigenvalue weighted by molar-refractivity contribution is 5.59. The summed E-state index contributed by atoms with van der Waals surface area (Å²) in [7, 11) is 1.63. The Morgan fingerprint density at radius 3 is 2.83 bits per heavy atom. The number of hydrogen-bond acceptors (Lipinski definition) is 5. The minimum Gasteiger partial charge on any atom is -0.497 e. The van der Waals surface area contributed by atoms with Gasteiger partial charge in [-0.25, -0.2) is 9.97 Å². The molecule has 18 heavy (non-hydrogen) atoms. The molecule has 2 aromatic rings. The number of aliphatic hydroxyl groups is 1. The van der Waals surface area contributed by atoms with Gasteiger partial charge in [0.2, 0.25) is 5.95 Å². The fourth-order valence-corrected chi connectivity index (χ4v) is 1.57. The van der Waals surface area contributed by atoms with Crippen molar-refractivity contribution in [3.63, 3.8) is 0 Å². The van der Waals surface area contributed by atoms with E-state index in [9.17, 15) is 0 Å². The van der Waals surface area contributed by atoms with Gasteiger partial charge in [0, 0.05) is 11.9 Å². The molecule has 0 unspecified atom stereocenters. The van der Waals surface area contributed by atoms with E-state index in [1.807, 2.05) is 25.1 Å². The zero-order chi connectivity index (χ0) is 13.0. The van der Waals surface area contributed by atoms with Crippen molar-refractivity contribution in [1.82, 2.24) is 9.97 Å². The van der Waals surface area contributed by atoms with Gasteiger partial charge in [0.05, 0.1) is 19.4 Å². The SMILES string of the molecule is COc1ccc(Nc2nccc(CO)n2)c(C)c1. The summed E-state index contributed by atoms with van der Waals surface area (Å²) in [4.78, 5) is 8.27. The average molecular weight is 245 g/mol. The first-order valence-electron chi connectivity index (χ1n) is 5.57. The normalized spacial score (nSPS) is 10.2. The molecule has 0 saturated carbocycles. The van der Waals surface area contributed by atoms with Crippen LogP contribution in [-0.4, -0.2) is 22.2 Å². The van der Waals surface area contributed by atoms with Crippen LogP contribution < -0.4 is 10.1 Å². The smallest absolute Gasteiger partial charge is 0.227 e. The van der Waals surface area contributed by atoms with Gasteiger partial charge in [-0.15, -0.1) is 0 Å². The topological polar surface area (TPSA) is 67.3 Å². The highest BCUT2D eigenvalue weighted by Gasteiger charge is 2.03. The van der Waals surface area contributed by atoms with Crippen LogP contribution in [0, 0.1) is 6.92 Å². The number of nitrogens with one attached hydrogen (secondary N) is 1. The molecular formula is C13H15N3O2. The van der Waals surface area contributed by atoms with Gasteiger partial charge in [-0.3, -0.25) is 0 Å². The second-order valence-electron chi connectivity index (χ2n) is 3.84. The summed E-state index contributed by atoms with van der Waals surface area (Å²) in [5.74, 6) is 1.28. The predicted octanol–water partition coefficient (Wildman–Crippen LogP) is 2.03. The summed E-state index contributed by atoms with van der Waals surface area (Å²) >= 11 is 0. The van der Waals surface area contributed by atoms with E-state index in [-0.39, 0.29) is 6.61 Å². The zero-order valence-corrected chi connectivity index (χ0v) is 10.3. The minimum absolute atomic E-state index is 0.0984. The highest BCUT2D eigenvalue weighted by Crippen LogP contribution is 2.23. The number of benzene rings is 1. The van der Waals surface area contributed by atoms with Crippen LogP contribution in [0.5, 0.6) is 5.75 Å². The third-order valence-corrected chi connectivity index (χ3v) is 2.56. The molecular weight excluding hydrogens is 230 g/mol. The van der Waals surface area contributed by atoms with E-state index in [1.54, 1.807) is 19.4 Å². The summed E-state index contributed by atoms with van der Waals surface area (Å²) in [5, 5.41) is 12.1. The van der Waals surface area contributed by atoms with Gasteiger partial charge in [-0.1, -0.05) is 0 Å². The van der Waals surface area contributed by atoms with Crippen LogP contribution in [0.25, 0.3) is 0 Å². The summed E-state index contributed by atoms with van der Waals surface area (Å²) < 4.78 is 5.14. The Hall–Kier alpha value is -2.14. The van der Waals surface area contributed by atoms with E-state index < -0.39 is 0 Å². The quantitative estimate of drug-likeness (QED) is 0.862. The minimum atomic E-state index is -0.0984. The zero-order valence-electron chi connectivity index (χ0n) is 10.3. The van der Waals surface area contributed by atoms with Crippen molar-refractivity contribution in [2.45, 2.75) is 13.5 Å². The van der Waals surface area contributed by atoms with Gasteiger partial charge < -0.3 is 15.2 Å². The van der Waals surface area contributed by atoms with E-state index in [2.05, 4.69) is 15.3 Å². The molecule has 1 aromatic heterocycles. The van der Waals surface area contributed by atoms with Gasteiger partial charge in [-0.2, -0.15) is 0 Å². The van der Waals surface area contributed by atoms with Gasteiger partial charge in [0.1, 0.15) is 5.75 Å². The third-order valence-electron chi connectivity index (χ3n) is 2.56. The second-order valence-corrected chi connectivity index (χ2v) is 3.84. The number of anilines is 2. The van der Waals surface area contributed by atoms with Gasteiger partial charge >= 0.3 is 0 Å². The van der Waals surface area contributed by atoms with Crippen molar-refractivity contribution >= 4 is 11.6 Å². The molecule has 1 aromatic carbocycles. The Kier molecular flexibility index (Phi) is 3.74. The Labute approximate surface area is 105 Å². The van der Waals surface area contributed by atoms with Crippen molar-refractivity contribution in [2.24, 2.45) is 0 Å². The molecule has 0 fully saturated rings. The van der Waals surface area contributed by atoms with Crippen molar-refractivity contribution in [3.05, 3.63) is 41.7 Å². The Morgan fingerprint density at radius 1 is 1.33 bits per heavy atom. The highest BCUT2D eigenvalue weighted by atomic mass is 16.5. The lowest BCUT2D eigenvalue weighted by molar-refractivity contribution is 0.277. The fraction of sp³-hybridized carbons (Fsp3) is 0.231. The van der Waals surface area contributed by atoms with Gasteiger partial charge in [-0.05, 0) is 36.8 Å². The predicted molar refractivity (Wildman–Crippen MR) is 69.0 cm³/mol. The molecule has 5 nitrogen and oxygen atoms in total. The molecule has 0 bridgehead atoms. The Balaban J connectivity index is 2.22. The molecule has 2 N–H and O–H groups in total. The molecule has 0 saturated heterocycles. The molecule has 0 amide bonds. The Bertz CT molecular complexity index is 544. The molecule has 94 valence electrons. The molecule has 0 aliphatic carbocycles. The van der Waals surface area contributed by atoms with Crippen LogP contribution in [0.15, 0.2) is 30.5 Å². The fourth-order valence-electron chi connectivity index (χ4n) is 1.57. The first kappa shape index (κ1) is 12.3. The van der Waals surface area contributed by atoms with E-state index in [0.29, 0.717) is 11.6 Å². The van der Waals surface area contributed by atoms with Crippen LogP contribution in [0.2, 0.25) is 0 Å². The lowest BCUT2D eigenvalue weighted by Crippen LogP contribution is -2.01. The van der Waals surface area contributed by atoms with Gasteiger partial charge in [0.25, 0.3) is 0 Å². The number of ether oxygens (including phenoxy) is 1. The summed E-state index contributed by atoms with van der Waals surface area (Å²) in [5.41, 5.74) is 2.52. The second kappa shape index (κ2) is 5.46. The first-order valence-corrected chi connectivity index (χ1v) is 5.57. The maximum Gasteiger partial charge on any atom is 0.227 e. The van der Waals surface area contributed by atoms with Gasteiger partial charge in [0.15, 0.2) is 0 Å². The van der Waals surface area contributed by atoms with E-state index in [1.165, 1.54) is 0 Å². The number of methoxy groups -OCH3 is 1. The number of aliphatic hydroxyl groups excluding tert-OH is 1. The number of nitrogens with zero attached hydrogens (tertiary/aromatic N) is 2. The maximum absolute atomic E-state index is 9.02. The van der Waals surface area contributed by atoms with Crippen molar-refractivity contribution in [2.75, 3.05) is 12.4 Å². The van der Waals surface area contributed by atoms with Crippen molar-refractivity contribution in [3.8, 4) is 5.75 Å². The molecule has 0 radical (unpaired) electrons.